The number of rotatable bonds is 10. The first-order valence-electron chi connectivity index (χ1n) is 7.12. The minimum Gasteiger partial charge on any atom is -0.383 e. The van der Waals surface area contributed by atoms with E-state index in [1.807, 2.05) is 11.8 Å². The van der Waals surface area contributed by atoms with Crippen LogP contribution in [-0.2, 0) is 9.53 Å². The molecule has 0 aliphatic rings. The fourth-order valence-corrected chi connectivity index (χ4v) is 2.12. The summed E-state index contributed by atoms with van der Waals surface area (Å²) < 4.78 is 5.11. The van der Waals surface area contributed by atoms with Crippen molar-refractivity contribution in [1.82, 2.24) is 10.2 Å². The first kappa shape index (κ1) is 17.4. The topological polar surface area (TPSA) is 41.6 Å². The number of nitrogens with one attached hydrogen (secondary N) is 1. The monoisotopic (exact) mass is 258 g/mol. The van der Waals surface area contributed by atoms with E-state index in [1.165, 1.54) is 0 Å². The van der Waals surface area contributed by atoms with Crippen LogP contribution >= 0.6 is 0 Å². The van der Waals surface area contributed by atoms with E-state index in [0.717, 1.165) is 25.9 Å². The zero-order chi connectivity index (χ0) is 14.0. The van der Waals surface area contributed by atoms with Gasteiger partial charge in [-0.15, -0.1) is 0 Å². The van der Waals surface area contributed by atoms with Crippen LogP contribution in [0.25, 0.3) is 0 Å². The first-order valence-corrected chi connectivity index (χ1v) is 7.12. The lowest BCUT2D eigenvalue weighted by Crippen LogP contribution is -2.46. The van der Waals surface area contributed by atoms with Crippen LogP contribution in [-0.4, -0.2) is 50.2 Å². The molecule has 0 spiro atoms. The number of hydrogen-bond donors (Lipinski definition) is 1. The van der Waals surface area contributed by atoms with Crippen molar-refractivity contribution in [2.75, 3.05) is 33.4 Å². The summed E-state index contributed by atoms with van der Waals surface area (Å²) in [6.07, 6.45) is 2.00. The van der Waals surface area contributed by atoms with Gasteiger partial charge >= 0.3 is 0 Å². The average molecular weight is 258 g/mol. The standard InChI is InChI=1S/C14H30N2O2/c1-6-13(7-2)16(9-10-18-5)14(17)12(4)11-15-8-3/h12-13,15H,6-11H2,1-5H3. The van der Waals surface area contributed by atoms with Crippen LogP contribution in [0.2, 0.25) is 0 Å². The molecule has 1 N–H and O–H groups in total. The molecule has 0 radical (unpaired) electrons. The van der Waals surface area contributed by atoms with Crippen molar-refractivity contribution in [3.8, 4) is 0 Å². The van der Waals surface area contributed by atoms with E-state index >= 15 is 0 Å². The molecule has 0 aliphatic heterocycles. The van der Waals surface area contributed by atoms with Crippen molar-refractivity contribution in [3.63, 3.8) is 0 Å². The second-order valence-electron chi connectivity index (χ2n) is 4.70. The molecule has 0 aliphatic carbocycles. The minimum absolute atomic E-state index is 0.0300. The number of methoxy groups -OCH3 is 1. The normalized spacial score (nSPS) is 12.8. The summed E-state index contributed by atoms with van der Waals surface area (Å²) in [4.78, 5) is 14.4. The molecule has 0 aromatic heterocycles. The molecule has 0 saturated heterocycles. The van der Waals surface area contributed by atoms with E-state index in [-0.39, 0.29) is 11.8 Å². The van der Waals surface area contributed by atoms with Crippen LogP contribution in [0.3, 0.4) is 0 Å². The van der Waals surface area contributed by atoms with Gasteiger partial charge in [-0.1, -0.05) is 27.7 Å². The zero-order valence-electron chi connectivity index (χ0n) is 12.7. The van der Waals surface area contributed by atoms with Crippen LogP contribution in [0.1, 0.15) is 40.5 Å². The highest BCUT2D eigenvalue weighted by Gasteiger charge is 2.24. The Kier molecular flexibility index (Phi) is 9.98. The van der Waals surface area contributed by atoms with Gasteiger partial charge in [0, 0.05) is 32.2 Å². The van der Waals surface area contributed by atoms with Crippen LogP contribution in [0.4, 0.5) is 0 Å². The van der Waals surface area contributed by atoms with Crippen molar-refractivity contribution in [3.05, 3.63) is 0 Å². The van der Waals surface area contributed by atoms with Gasteiger partial charge < -0.3 is 15.0 Å². The summed E-state index contributed by atoms with van der Waals surface area (Å²) >= 11 is 0. The molecule has 1 unspecified atom stereocenters. The summed E-state index contributed by atoms with van der Waals surface area (Å²) in [5.74, 6) is 0.268. The van der Waals surface area contributed by atoms with Gasteiger partial charge in [-0.25, -0.2) is 0 Å². The van der Waals surface area contributed by atoms with Crippen molar-refractivity contribution in [1.29, 1.82) is 0 Å². The van der Waals surface area contributed by atoms with Gasteiger partial charge in [0.25, 0.3) is 0 Å². The van der Waals surface area contributed by atoms with E-state index in [1.54, 1.807) is 7.11 Å². The maximum Gasteiger partial charge on any atom is 0.227 e. The molecule has 18 heavy (non-hydrogen) atoms. The largest absolute Gasteiger partial charge is 0.383 e. The third-order valence-electron chi connectivity index (χ3n) is 3.32. The molecule has 1 amide bonds. The number of carbonyl (C=O) groups excluding carboxylic acids is 1. The lowest BCUT2D eigenvalue weighted by Gasteiger charge is -2.32. The Morgan fingerprint density at radius 1 is 1.28 bits per heavy atom. The van der Waals surface area contributed by atoms with Crippen LogP contribution < -0.4 is 5.32 Å². The molecule has 4 nitrogen and oxygen atoms in total. The van der Waals surface area contributed by atoms with Crippen LogP contribution in [0.15, 0.2) is 0 Å². The van der Waals surface area contributed by atoms with E-state index in [0.29, 0.717) is 19.2 Å². The van der Waals surface area contributed by atoms with Crippen LogP contribution in [0.5, 0.6) is 0 Å². The Labute approximate surface area is 112 Å². The number of nitrogens with zero attached hydrogens (tertiary/aromatic N) is 1. The Morgan fingerprint density at radius 3 is 2.33 bits per heavy atom. The Bertz CT molecular complexity index is 218. The van der Waals surface area contributed by atoms with Gasteiger partial charge in [-0.05, 0) is 19.4 Å². The number of hydrogen-bond acceptors (Lipinski definition) is 3. The van der Waals surface area contributed by atoms with E-state index < -0.39 is 0 Å². The van der Waals surface area contributed by atoms with E-state index in [2.05, 4.69) is 26.1 Å². The maximum atomic E-state index is 12.4. The van der Waals surface area contributed by atoms with Crippen molar-refractivity contribution in [2.24, 2.45) is 5.92 Å². The van der Waals surface area contributed by atoms with Gasteiger partial charge in [0.15, 0.2) is 0 Å². The summed E-state index contributed by atoms with van der Waals surface area (Å²) in [5.41, 5.74) is 0. The fraction of sp³-hybridized carbons (Fsp3) is 0.929. The molecular weight excluding hydrogens is 228 g/mol. The predicted octanol–water partition coefficient (Wildman–Crippen LogP) is 1.90. The van der Waals surface area contributed by atoms with Crippen LogP contribution in [0, 0.1) is 5.92 Å². The molecule has 0 saturated carbocycles. The summed E-state index contributed by atoms with van der Waals surface area (Å²) in [6, 6.07) is 0.330. The Morgan fingerprint density at radius 2 is 1.89 bits per heavy atom. The second kappa shape index (κ2) is 10.3. The summed E-state index contributed by atoms with van der Waals surface area (Å²) in [5, 5.41) is 3.24. The molecule has 4 heteroatoms. The molecular formula is C14H30N2O2. The average Bonchev–Trinajstić information content (AvgIpc) is 2.40. The highest BCUT2D eigenvalue weighted by molar-refractivity contribution is 5.79. The first-order chi connectivity index (χ1) is 8.62. The van der Waals surface area contributed by atoms with Crippen molar-refractivity contribution < 1.29 is 9.53 Å². The van der Waals surface area contributed by atoms with Gasteiger partial charge in [0.2, 0.25) is 5.91 Å². The maximum absolute atomic E-state index is 12.4. The summed E-state index contributed by atoms with van der Waals surface area (Å²) in [7, 11) is 1.68. The summed E-state index contributed by atoms with van der Waals surface area (Å²) in [6.45, 7) is 11.3. The third kappa shape index (κ3) is 5.83. The van der Waals surface area contributed by atoms with Gasteiger partial charge in [0.1, 0.15) is 0 Å². The SMILES string of the molecule is CCNCC(C)C(=O)N(CCOC)C(CC)CC. The molecule has 108 valence electrons. The lowest BCUT2D eigenvalue weighted by atomic mass is 10.1. The van der Waals surface area contributed by atoms with Gasteiger partial charge in [-0.3, -0.25) is 4.79 Å². The highest BCUT2D eigenvalue weighted by atomic mass is 16.5. The predicted molar refractivity (Wildman–Crippen MR) is 75.7 cm³/mol. The van der Waals surface area contributed by atoms with E-state index in [4.69, 9.17) is 4.74 Å². The smallest absolute Gasteiger partial charge is 0.227 e. The zero-order valence-corrected chi connectivity index (χ0v) is 12.7. The van der Waals surface area contributed by atoms with Gasteiger partial charge in [-0.2, -0.15) is 0 Å². The quantitative estimate of drug-likeness (QED) is 0.650. The molecule has 0 heterocycles. The highest BCUT2D eigenvalue weighted by Crippen LogP contribution is 2.12. The molecule has 0 fully saturated rings. The fourth-order valence-electron chi connectivity index (χ4n) is 2.12. The molecule has 0 rings (SSSR count). The lowest BCUT2D eigenvalue weighted by molar-refractivity contribution is -0.138. The number of carbonyl (C=O) groups is 1. The Hall–Kier alpha value is -0.610. The van der Waals surface area contributed by atoms with E-state index in [9.17, 15) is 4.79 Å². The molecule has 0 aromatic rings. The number of amides is 1. The second-order valence-corrected chi connectivity index (χ2v) is 4.70. The molecule has 0 aromatic carbocycles. The molecule has 0 bridgehead atoms. The third-order valence-corrected chi connectivity index (χ3v) is 3.32. The van der Waals surface area contributed by atoms with Crippen molar-refractivity contribution in [2.45, 2.75) is 46.6 Å². The Balaban J connectivity index is 4.55. The number of ether oxygens (including phenoxy) is 1. The minimum atomic E-state index is 0.0300. The molecule has 1 atom stereocenters. The van der Waals surface area contributed by atoms with Gasteiger partial charge in [0.05, 0.1) is 6.61 Å². The van der Waals surface area contributed by atoms with Crippen molar-refractivity contribution >= 4 is 5.91 Å².